The van der Waals surface area contributed by atoms with Gasteiger partial charge in [0.1, 0.15) is 11.9 Å². The zero-order chi connectivity index (χ0) is 17.1. The number of piperidine rings is 1. The Hall–Kier alpha value is -2.39. The number of benzene rings is 2. The van der Waals surface area contributed by atoms with Gasteiger partial charge in [-0.1, -0.05) is 29.8 Å². The number of ether oxygens (including phenoxy) is 1. The lowest BCUT2D eigenvalue weighted by atomic mass is 10.1. The molecule has 0 aliphatic carbocycles. The highest BCUT2D eigenvalue weighted by molar-refractivity contribution is 5.82. The van der Waals surface area contributed by atoms with Crippen molar-refractivity contribution in [2.24, 2.45) is 0 Å². The molecule has 0 unspecified atom stereocenters. The van der Waals surface area contributed by atoms with E-state index < -0.39 is 0 Å². The predicted octanol–water partition coefficient (Wildman–Crippen LogP) is 4.59. The lowest BCUT2D eigenvalue weighted by Crippen LogP contribution is -2.40. The Morgan fingerprint density at radius 1 is 1.08 bits per heavy atom. The Balaban J connectivity index is 1.41. The van der Waals surface area contributed by atoms with E-state index in [0.717, 1.165) is 37.2 Å². The van der Waals surface area contributed by atoms with Gasteiger partial charge in [0.2, 0.25) is 0 Å². The van der Waals surface area contributed by atoms with Crippen LogP contribution < -0.4 is 4.74 Å². The van der Waals surface area contributed by atoms with E-state index in [9.17, 15) is 0 Å². The Morgan fingerprint density at radius 3 is 2.84 bits per heavy atom. The number of rotatable bonds is 4. The van der Waals surface area contributed by atoms with E-state index in [1.54, 1.807) is 0 Å². The van der Waals surface area contributed by atoms with Crippen molar-refractivity contribution in [1.82, 2.24) is 9.88 Å². The average molecular weight is 332 g/mol. The maximum Gasteiger partial charge on any atom is 0.120 e. The van der Waals surface area contributed by atoms with Crippen molar-refractivity contribution >= 4 is 10.8 Å². The number of fused-ring (bicyclic) bond motifs is 1. The molecular weight excluding hydrogens is 308 g/mol. The average Bonchev–Trinajstić information content (AvgIpc) is 2.64. The molecule has 1 aliphatic rings. The van der Waals surface area contributed by atoms with Crippen LogP contribution in [0.25, 0.3) is 10.8 Å². The van der Waals surface area contributed by atoms with Crippen LogP contribution in [0.15, 0.2) is 60.9 Å². The Morgan fingerprint density at radius 2 is 1.96 bits per heavy atom. The summed E-state index contributed by atoms with van der Waals surface area (Å²) in [6.07, 6.45) is 6.30. The fraction of sp³-hybridized carbons (Fsp3) is 0.318. The van der Waals surface area contributed by atoms with Crippen molar-refractivity contribution in [2.45, 2.75) is 32.4 Å². The van der Waals surface area contributed by atoms with Crippen LogP contribution in [0, 0.1) is 6.92 Å². The third kappa shape index (κ3) is 3.99. The number of hydrogen-bond donors (Lipinski definition) is 0. The second kappa shape index (κ2) is 7.24. The molecule has 3 nitrogen and oxygen atoms in total. The van der Waals surface area contributed by atoms with Crippen LogP contribution in [0.4, 0.5) is 0 Å². The van der Waals surface area contributed by atoms with Gasteiger partial charge in [-0.2, -0.15) is 0 Å². The Bertz CT molecular complexity index is 844. The highest BCUT2D eigenvalue weighted by Crippen LogP contribution is 2.23. The molecule has 4 rings (SSSR count). The number of hydrogen-bond acceptors (Lipinski definition) is 3. The fourth-order valence-electron chi connectivity index (χ4n) is 3.53. The molecule has 1 aromatic heterocycles. The van der Waals surface area contributed by atoms with E-state index in [0.29, 0.717) is 0 Å². The molecule has 1 saturated heterocycles. The van der Waals surface area contributed by atoms with Crippen molar-refractivity contribution in [1.29, 1.82) is 0 Å². The normalized spacial score (nSPS) is 18.4. The van der Waals surface area contributed by atoms with E-state index in [-0.39, 0.29) is 6.10 Å². The summed E-state index contributed by atoms with van der Waals surface area (Å²) >= 11 is 0. The molecule has 128 valence electrons. The third-order valence-electron chi connectivity index (χ3n) is 4.90. The van der Waals surface area contributed by atoms with Gasteiger partial charge >= 0.3 is 0 Å². The van der Waals surface area contributed by atoms with E-state index in [4.69, 9.17) is 4.74 Å². The van der Waals surface area contributed by atoms with Crippen LogP contribution in [0.3, 0.4) is 0 Å². The highest BCUT2D eigenvalue weighted by Gasteiger charge is 2.21. The minimum atomic E-state index is 0.262. The molecule has 0 amide bonds. The van der Waals surface area contributed by atoms with Gasteiger partial charge in [-0.3, -0.25) is 9.88 Å². The van der Waals surface area contributed by atoms with Gasteiger partial charge in [0, 0.05) is 30.9 Å². The summed E-state index contributed by atoms with van der Waals surface area (Å²) in [5, 5.41) is 2.33. The fourth-order valence-corrected chi connectivity index (χ4v) is 3.53. The first-order chi connectivity index (χ1) is 12.3. The van der Waals surface area contributed by atoms with E-state index >= 15 is 0 Å². The number of likely N-dealkylation sites (tertiary alicyclic amines) is 1. The molecule has 3 heteroatoms. The quantitative estimate of drug-likeness (QED) is 0.699. The van der Waals surface area contributed by atoms with E-state index in [2.05, 4.69) is 59.3 Å². The van der Waals surface area contributed by atoms with Crippen LogP contribution in [0.2, 0.25) is 0 Å². The molecule has 2 aromatic carbocycles. The molecule has 25 heavy (non-hydrogen) atoms. The number of nitrogens with zero attached hydrogens (tertiary/aromatic N) is 2. The van der Waals surface area contributed by atoms with Crippen LogP contribution in [-0.2, 0) is 6.54 Å². The SMILES string of the molecule is Cc1ccc(CN2CCC[C@H](Oc3ccc4cnccc4c3)C2)cc1. The molecule has 0 radical (unpaired) electrons. The van der Waals surface area contributed by atoms with Crippen molar-refractivity contribution in [3.8, 4) is 5.75 Å². The summed E-state index contributed by atoms with van der Waals surface area (Å²) in [6.45, 7) is 5.27. The molecule has 0 N–H and O–H groups in total. The molecule has 1 atom stereocenters. The molecule has 0 saturated carbocycles. The topological polar surface area (TPSA) is 25.4 Å². The van der Waals surface area contributed by atoms with Crippen molar-refractivity contribution in [3.63, 3.8) is 0 Å². The largest absolute Gasteiger partial charge is 0.489 e. The molecule has 3 aromatic rings. The molecule has 0 bridgehead atoms. The van der Waals surface area contributed by atoms with Crippen molar-refractivity contribution in [3.05, 3.63) is 72.1 Å². The van der Waals surface area contributed by atoms with Gasteiger partial charge in [-0.05, 0) is 61.5 Å². The molecular formula is C22H24N2O. The van der Waals surface area contributed by atoms with Crippen LogP contribution in [-0.4, -0.2) is 29.1 Å². The number of pyridine rings is 1. The molecule has 2 heterocycles. The highest BCUT2D eigenvalue weighted by atomic mass is 16.5. The van der Waals surface area contributed by atoms with E-state index in [1.807, 2.05) is 18.5 Å². The first kappa shape index (κ1) is 16.1. The van der Waals surface area contributed by atoms with Crippen molar-refractivity contribution in [2.75, 3.05) is 13.1 Å². The molecule has 0 spiro atoms. The second-order valence-electron chi connectivity index (χ2n) is 6.99. The summed E-state index contributed by atoms with van der Waals surface area (Å²) in [4.78, 5) is 6.67. The minimum absolute atomic E-state index is 0.262. The van der Waals surface area contributed by atoms with Gasteiger partial charge in [-0.15, -0.1) is 0 Å². The summed E-state index contributed by atoms with van der Waals surface area (Å²) in [5.41, 5.74) is 2.69. The van der Waals surface area contributed by atoms with Crippen LogP contribution >= 0.6 is 0 Å². The van der Waals surface area contributed by atoms with Gasteiger partial charge in [0.25, 0.3) is 0 Å². The number of aromatic nitrogens is 1. The van der Waals surface area contributed by atoms with Crippen LogP contribution in [0.1, 0.15) is 24.0 Å². The summed E-state index contributed by atoms with van der Waals surface area (Å²) < 4.78 is 6.29. The van der Waals surface area contributed by atoms with Gasteiger partial charge in [0.15, 0.2) is 0 Å². The summed E-state index contributed by atoms with van der Waals surface area (Å²) in [7, 11) is 0. The minimum Gasteiger partial charge on any atom is -0.489 e. The zero-order valence-electron chi connectivity index (χ0n) is 14.7. The molecule has 1 aliphatic heterocycles. The Labute approximate surface area is 149 Å². The Kier molecular flexibility index (Phi) is 4.66. The summed E-state index contributed by atoms with van der Waals surface area (Å²) in [5.74, 6) is 0.959. The summed E-state index contributed by atoms with van der Waals surface area (Å²) in [6, 6.07) is 17.2. The first-order valence-electron chi connectivity index (χ1n) is 9.05. The smallest absolute Gasteiger partial charge is 0.120 e. The predicted molar refractivity (Wildman–Crippen MR) is 102 cm³/mol. The third-order valence-corrected chi connectivity index (χ3v) is 4.90. The second-order valence-corrected chi connectivity index (χ2v) is 6.99. The maximum absolute atomic E-state index is 6.29. The lowest BCUT2D eigenvalue weighted by Gasteiger charge is -2.33. The van der Waals surface area contributed by atoms with Gasteiger partial charge < -0.3 is 4.74 Å². The van der Waals surface area contributed by atoms with Gasteiger partial charge in [-0.25, -0.2) is 0 Å². The zero-order valence-corrected chi connectivity index (χ0v) is 14.7. The molecule has 1 fully saturated rings. The lowest BCUT2D eigenvalue weighted by molar-refractivity contribution is 0.0844. The van der Waals surface area contributed by atoms with Crippen molar-refractivity contribution < 1.29 is 4.74 Å². The monoisotopic (exact) mass is 332 g/mol. The first-order valence-corrected chi connectivity index (χ1v) is 9.05. The standard InChI is InChI=1S/C22H24N2O/c1-17-4-6-18(7-5-17)15-24-12-2-3-22(16-24)25-21-9-8-20-14-23-11-10-19(20)13-21/h4-11,13-14,22H,2-3,12,15-16H2,1H3/t22-/m0/s1. The van der Waals surface area contributed by atoms with Gasteiger partial charge in [0.05, 0.1) is 0 Å². The van der Waals surface area contributed by atoms with E-state index in [1.165, 1.54) is 22.9 Å². The number of aryl methyl sites for hydroxylation is 1. The maximum atomic E-state index is 6.29. The van der Waals surface area contributed by atoms with Crippen LogP contribution in [0.5, 0.6) is 5.75 Å².